The van der Waals surface area contributed by atoms with Crippen molar-refractivity contribution < 1.29 is 13.6 Å². The van der Waals surface area contributed by atoms with Gasteiger partial charge in [-0.3, -0.25) is 9.59 Å². The number of aryl methyl sites for hydroxylation is 2. The van der Waals surface area contributed by atoms with E-state index in [1.807, 2.05) is 0 Å². The predicted molar refractivity (Wildman–Crippen MR) is 83.7 cm³/mol. The van der Waals surface area contributed by atoms with Gasteiger partial charge in [0.05, 0.1) is 11.7 Å². The third-order valence-electron chi connectivity index (χ3n) is 4.38. The number of halogens is 2. The normalized spacial score (nSPS) is 17.3. The number of amides is 1. The molecule has 0 saturated carbocycles. The fourth-order valence-electron chi connectivity index (χ4n) is 2.98. The van der Waals surface area contributed by atoms with Crippen molar-refractivity contribution in [2.45, 2.75) is 32.7 Å². The zero-order valence-corrected chi connectivity index (χ0v) is 13.4. The van der Waals surface area contributed by atoms with Crippen molar-refractivity contribution in [3.8, 4) is 0 Å². The van der Waals surface area contributed by atoms with E-state index in [9.17, 15) is 18.4 Å². The van der Waals surface area contributed by atoms with Crippen molar-refractivity contribution >= 4 is 5.91 Å². The fourth-order valence-corrected chi connectivity index (χ4v) is 2.98. The second-order valence-corrected chi connectivity index (χ2v) is 5.96. The smallest absolute Gasteiger partial charge is 0.279 e. The van der Waals surface area contributed by atoms with E-state index < -0.39 is 29.1 Å². The number of aromatic amines is 1. The highest BCUT2D eigenvalue weighted by atomic mass is 19.2. The van der Waals surface area contributed by atoms with E-state index in [4.69, 9.17) is 0 Å². The van der Waals surface area contributed by atoms with Gasteiger partial charge in [-0.2, -0.15) is 0 Å². The summed E-state index contributed by atoms with van der Waals surface area (Å²) in [6.45, 7) is 3.85. The van der Waals surface area contributed by atoms with Crippen LogP contribution in [-0.4, -0.2) is 27.3 Å². The van der Waals surface area contributed by atoms with E-state index in [2.05, 4.69) is 9.97 Å². The second kappa shape index (κ2) is 6.14. The van der Waals surface area contributed by atoms with Gasteiger partial charge in [0.25, 0.3) is 11.5 Å². The van der Waals surface area contributed by atoms with Crippen molar-refractivity contribution in [1.82, 2.24) is 14.9 Å². The summed E-state index contributed by atoms with van der Waals surface area (Å²) >= 11 is 0. The number of rotatable bonds is 2. The Labute approximate surface area is 137 Å². The number of hydrogen-bond acceptors (Lipinski definition) is 3. The van der Waals surface area contributed by atoms with Crippen LogP contribution in [0, 0.1) is 25.5 Å². The Hall–Kier alpha value is -2.57. The summed E-state index contributed by atoms with van der Waals surface area (Å²) in [5.74, 6) is -2.37. The molecule has 1 aromatic carbocycles. The van der Waals surface area contributed by atoms with Crippen LogP contribution in [0.4, 0.5) is 8.78 Å². The van der Waals surface area contributed by atoms with Crippen molar-refractivity contribution in [2.75, 3.05) is 6.54 Å². The van der Waals surface area contributed by atoms with E-state index in [-0.39, 0.29) is 5.69 Å². The molecule has 0 aliphatic carbocycles. The lowest BCUT2D eigenvalue weighted by molar-refractivity contribution is 0.0727. The molecule has 0 radical (unpaired) electrons. The molecule has 1 aliphatic heterocycles. The number of nitrogens with zero attached hydrogens (tertiary/aromatic N) is 2. The molecule has 1 N–H and O–H groups in total. The van der Waals surface area contributed by atoms with Gasteiger partial charge < -0.3 is 9.88 Å². The lowest BCUT2D eigenvalue weighted by Crippen LogP contribution is -2.36. The molecule has 1 amide bonds. The Balaban J connectivity index is 1.96. The van der Waals surface area contributed by atoms with Gasteiger partial charge in [-0.05, 0) is 44.4 Å². The Bertz CT molecular complexity index is 863. The van der Waals surface area contributed by atoms with Crippen LogP contribution >= 0.6 is 0 Å². The van der Waals surface area contributed by atoms with Crippen LogP contribution < -0.4 is 5.56 Å². The molecule has 7 heteroatoms. The molecular weight excluding hydrogens is 316 g/mol. The fraction of sp³-hybridized carbons (Fsp3) is 0.353. The number of hydrogen-bond donors (Lipinski definition) is 1. The molecule has 2 aromatic rings. The summed E-state index contributed by atoms with van der Waals surface area (Å²) in [7, 11) is 0. The van der Waals surface area contributed by atoms with E-state index in [1.165, 1.54) is 11.0 Å². The first kappa shape index (κ1) is 16.3. The van der Waals surface area contributed by atoms with Crippen LogP contribution in [0.25, 0.3) is 0 Å². The van der Waals surface area contributed by atoms with E-state index in [0.717, 1.165) is 18.6 Å². The lowest BCUT2D eigenvalue weighted by atomic mass is 10.0. The minimum Gasteiger partial charge on any atom is -0.330 e. The standard InChI is InChI=1S/C17H17F2N3O2/c1-9-10(2)21-16(23)15(20-9)17(24)22-7-3-4-14(22)11-5-6-12(18)13(19)8-11/h5-6,8,14H,3-4,7H2,1-2H3,(H,21,23). The van der Waals surface area contributed by atoms with Crippen molar-refractivity contribution in [2.24, 2.45) is 0 Å². The van der Waals surface area contributed by atoms with Crippen LogP contribution in [-0.2, 0) is 0 Å². The van der Waals surface area contributed by atoms with Gasteiger partial charge in [0.1, 0.15) is 0 Å². The predicted octanol–water partition coefficient (Wildman–Crippen LogP) is 2.64. The largest absolute Gasteiger partial charge is 0.330 e. The molecule has 24 heavy (non-hydrogen) atoms. The molecule has 2 heterocycles. The molecule has 0 spiro atoms. The summed E-state index contributed by atoms with van der Waals surface area (Å²) in [6, 6.07) is 3.22. The monoisotopic (exact) mass is 333 g/mol. The van der Waals surface area contributed by atoms with E-state index >= 15 is 0 Å². The van der Waals surface area contributed by atoms with Crippen molar-refractivity contribution in [1.29, 1.82) is 0 Å². The van der Waals surface area contributed by atoms with Gasteiger partial charge in [-0.25, -0.2) is 13.8 Å². The van der Waals surface area contributed by atoms with E-state index in [1.54, 1.807) is 13.8 Å². The molecule has 3 rings (SSSR count). The Morgan fingerprint density at radius 2 is 2.04 bits per heavy atom. The molecule has 1 atom stereocenters. The summed E-state index contributed by atoms with van der Waals surface area (Å²) in [4.78, 5) is 33.0. The highest BCUT2D eigenvalue weighted by molar-refractivity contribution is 5.92. The summed E-state index contributed by atoms with van der Waals surface area (Å²) < 4.78 is 26.6. The maximum atomic E-state index is 13.5. The molecule has 1 saturated heterocycles. The number of likely N-dealkylation sites (tertiary alicyclic amines) is 1. The van der Waals surface area contributed by atoms with Crippen LogP contribution in [0.2, 0.25) is 0 Å². The zero-order valence-electron chi connectivity index (χ0n) is 13.4. The van der Waals surface area contributed by atoms with Gasteiger partial charge in [0, 0.05) is 12.2 Å². The number of carbonyl (C=O) groups is 1. The molecule has 1 aliphatic rings. The van der Waals surface area contributed by atoms with Gasteiger partial charge >= 0.3 is 0 Å². The highest BCUT2D eigenvalue weighted by Gasteiger charge is 2.33. The highest BCUT2D eigenvalue weighted by Crippen LogP contribution is 2.33. The number of benzene rings is 1. The van der Waals surface area contributed by atoms with Crippen LogP contribution in [0.3, 0.4) is 0 Å². The quantitative estimate of drug-likeness (QED) is 0.919. The zero-order chi connectivity index (χ0) is 17.4. The molecular formula is C17H17F2N3O2. The third-order valence-corrected chi connectivity index (χ3v) is 4.38. The van der Waals surface area contributed by atoms with Gasteiger partial charge in [0.2, 0.25) is 0 Å². The number of carbonyl (C=O) groups excluding carboxylic acids is 1. The first-order valence-corrected chi connectivity index (χ1v) is 7.72. The van der Waals surface area contributed by atoms with Crippen molar-refractivity contribution in [3.63, 3.8) is 0 Å². The Morgan fingerprint density at radius 1 is 1.29 bits per heavy atom. The lowest BCUT2D eigenvalue weighted by Gasteiger charge is -2.24. The van der Waals surface area contributed by atoms with Crippen LogP contribution in [0.5, 0.6) is 0 Å². The van der Waals surface area contributed by atoms with Gasteiger partial charge in [-0.1, -0.05) is 6.07 Å². The van der Waals surface area contributed by atoms with Crippen molar-refractivity contribution in [3.05, 3.63) is 62.8 Å². The van der Waals surface area contributed by atoms with Gasteiger partial charge in [-0.15, -0.1) is 0 Å². The average Bonchev–Trinajstić information content (AvgIpc) is 3.02. The first-order chi connectivity index (χ1) is 11.4. The summed E-state index contributed by atoms with van der Waals surface area (Å²) in [5, 5.41) is 0. The van der Waals surface area contributed by atoms with Crippen LogP contribution in [0.1, 0.15) is 46.3 Å². The molecule has 0 bridgehead atoms. The van der Waals surface area contributed by atoms with E-state index in [0.29, 0.717) is 29.9 Å². The number of aromatic nitrogens is 2. The minimum atomic E-state index is -0.950. The molecule has 1 aromatic heterocycles. The summed E-state index contributed by atoms with van der Waals surface area (Å²) in [5.41, 5.74) is 0.975. The van der Waals surface area contributed by atoms with Crippen LogP contribution in [0.15, 0.2) is 23.0 Å². The second-order valence-electron chi connectivity index (χ2n) is 5.96. The Kier molecular flexibility index (Phi) is 4.17. The third kappa shape index (κ3) is 2.81. The maximum absolute atomic E-state index is 13.5. The van der Waals surface area contributed by atoms with Gasteiger partial charge in [0.15, 0.2) is 17.3 Å². The Morgan fingerprint density at radius 3 is 2.75 bits per heavy atom. The molecule has 5 nitrogen and oxygen atoms in total. The molecule has 1 unspecified atom stereocenters. The first-order valence-electron chi connectivity index (χ1n) is 7.72. The topological polar surface area (TPSA) is 66.1 Å². The number of nitrogens with one attached hydrogen (secondary N) is 1. The molecule has 1 fully saturated rings. The maximum Gasteiger partial charge on any atom is 0.279 e. The average molecular weight is 333 g/mol. The summed E-state index contributed by atoms with van der Waals surface area (Å²) in [6.07, 6.45) is 1.34. The minimum absolute atomic E-state index is 0.174. The molecule has 126 valence electrons. The SMILES string of the molecule is Cc1nc(C(=O)N2CCCC2c2ccc(F)c(F)c2)c(=O)[nH]c1C. The number of H-pyrrole nitrogens is 1.